The van der Waals surface area contributed by atoms with E-state index in [1.54, 1.807) is 12.1 Å². The third kappa shape index (κ3) is 6.34. The Labute approximate surface area is 133 Å². The van der Waals surface area contributed by atoms with Gasteiger partial charge in [0.15, 0.2) is 0 Å². The van der Waals surface area contributed by atoms with Gasteiger partial charge in [-0.15, -0.1) is 0 Å². The van der Waals surface area contributed by atoms with Crippen molar-refractivity contribution in [2.45, 2.75) is 57.5 Å². The van der Waals surface area contributed by atoms with Crippen LogP contribution < -0.4 is 10.0 Å². The first-order valence-electron chi connectivity index (χ1n) is 7.38. The summed E-state index contributed by atoms with van der Waals surface area (Å²) < 4.78 is 26.9. The van der Waals surface area contributed by atoms with Crippen molar-refractivity contribution in [2.24, 2.45) is 0 Å². The predicted molar refractivity (Wildman–Crippen MR) is 88.1 cm³/mol. The fourth-order valence-electron chi connectivity index (χ4n) is 1.82. The molecule has 1 aromatic rings. The van der Waals surface area contributed by atoms with Crippen LogP contribution in [0.1, 0.15) is 45.6 Å². The van der Waals surface area contributed by atoms with E-state index in [-0.39, 0.29) is 4.90 Å². The van der Waals surface area contributed by atoms with E-state index in [0.717, 1.165) is 24.8 Å². The highest BCUT2D eigenvalue weighted by atomic mass is 35.5. The molecule has 0 heterocycles. The third-order valence-electron chi connectivity index (χ3n) is 3.11. The molecule has 120 valence electrons. The molecule has 0 amide bonds. The maximum Gasteiger partial charge on any atom is 0.240 e. The molecular weight excluding hydrogens is 308 g/mol. The van der Waals surface area contributed by atoms with Gasteiger partial charge in [-0.2, -0.15) is 0 Å². The predicted octanol–water partition coefficient (Wildman–Crippen LogP) is 3.31. The van der Waals surface area contributed by atoms with Crippen molar-refractivity contribution in [2.75, 3.05) is 6.54 Å². The maximum atomic E-state index is 12.1. The summed E-state index contributed by atoms with van der Waals surface area (Å²) in [4.78, 5) is 0.220. The molecule has 21 heavy (non-hydrogen) atoms. The molecule has 0 saturated carbocycles. The van der Waals surface area contributed by atoms with Crippen LogP contribution in [0, 0.1) is 0 Å². The molecular formula is C15H25ClN2O2S. The number of hydrogen-bond donors (Lipinski definition) is 2. The summed E-state index contributed by atoms with van der Waals surface area (Å²) in [6.45, 7) is 7.27. The number of hydrogen-bond acceptors (Lipinski definition) is 3. The Morgan fingerprint density at radius 2 is 1.95 bits per heavy atom. The zero-order valence-electron chi connectivity index (χ0n) is 12.9. The Morgan fingerprint density at radius 3 is 2.52 bits per heavy atom. The molecule has 0 aliphatic rings. The zero-order valence-corrected chi connectivity index (χ0v) is 14.5. The molecule has 0 aromatic heterocycles. The lowest BCUT2D eigenvalue weighted by atomic mass is 10.2. The Kier molecular flexibility index (Phi) is 7.66. The molecule has 0 fully saturated rings. The van der Waals surface area contributed by atoms with Crippen molar-refractivity contribution >= 4 is 21.6 Å². The molecule has 0 atom stereocenters. The molecule has 0 aliphatic carbocycles. The SMILES string of the molecule is CCCCCNS(=O)(=O)c1ccc(CNC(C)C)c(Cl)c1. The van der Waals surface area contributed by atoms with Crippen molar-refractivity contribution in [1.82, 2.24) is 10.0 Å². The summed E-state index contributed by atoms with van der Waals surface area (Å²) in [5.74, 6) is 0. The molecule has 0 aliphatic heterocycles. The highest BCUT2D eigenvalue weighted by Crippen LogP contribution is 2.21. The highest BCUT2D eigenvalue weighted by Gasteiger charge is 2.15. The van der Waals surface area contributed by atoms with Gasteiger partial charge in [0, 0.05) is 24.2 Å². The summed E-state index contributed by atoms with van der Waals surface area (Å²) >= 11 is 6.17. The number of unbranched alkanes of at least 4 members (excludes halogenated alkanes) is 2. The van der Waals surface area contributed by atoms with Crippen LogP contribution in [0.5, 0.6) is 0 Å². The van der Waals surface area contributed by atoms with Gasteiger partial charge in [-0.1, -0.05) is 51.3 Å². The minimum absolute atomic E-state index is 0.220. The van der Waals surface area contributed by atoms with Gasteiger partial charge in [0.2, 0.25) is 10.0 Å². The Bertz CT molecular complexity index is 545. The van der Waals surface area contributed by atoms with Crippen molar-refractivity contribution < 1.29 is 8.42 Å². The summed E-state index contributed by atoms with van der Waals surface area (Å²) in [6.07, 6.45) is 2.92. The summed E-state index contributed by atoms with van der Waals surface area (Å²) in [7, 11) is -3.47. The Hall–Kier alpha value is -0.620. The fourth-order valence-corrected chi connectivity index (χ4v) is 3.23. The van der Waals surface area contributed by atoms with Gasteiger partial charge in [-0.25, -0.2) is 13.1 Å². The molecule has 4 nitrogen and oxygen atoms in total. The summed E-state index contributed by atoms with van der Waals surface area (Å²) in [5.41, 5.74) is 0.898. The first kappa shape index (κ1) is 18.4. The first-order valence-corrected chi connectivity index (χ1v) is 9.24. The molecule has 0 spiro atoms. The van der Waals surface area contributed by atoms with Crippen LogP contribution in [0.15, 0.2) is 23.1 Å². The van der Waals surface area contributed by atoms with Gasteiger partial charge in [0.05, 0.1) is 4.90 Å². The topological polar surface area (TPSA) is 58.2 Å². The zero-order chi connectivity index (χ0) is 15.9. The average molecular weight is 333 g/mol. The van der Waals surface area contributed by atoms with E-state index >= 15 is 0 Å². The molecule has 1 rings (SSSR count). The van der Waals surface area contributed by atoms with Crippen molar-refractivity contribution in [1.29, 1.82) is 0 Å². The smallest absolute Gasteiger partial charge is 0.240 e. The second-order valence-electron chi connectivity index (χ2n) is 5.39. The molecule has 1 aromatic carbocycles. The van der Waals surface area contributed by atoms with Gasteiger partial charge in [0.1, 0.15) is 0 Å². The minimum Gasteiger partial charge on any atom is -0.310 e. The van der Waals surface area contributed by atoms with Gasteiger partial charge < -0.3 is 5.32 Å². The molecule has 0 unspecified atom stereocenters. The molecule has 6 heteroatoms. The lowest BCUT2D eigenvalue weighted by Crippen LogP contribution is -2.25. The second kappa shape index (κ2) is 8.73. The summed E-state index contributed by atoms with van der Waals surface area (Å²) in [6, 6.07) is 5.23. The van der Waals surface area contributed by atoms with E-state index < -0.39 is 10.0 Å². The average Bonchev–Trinajstić information content (AvgIpc) is 2.42. The largest absolute Gasteiger partial charge is 0.310 e. The molecule has 2 N–H and O–H groups in total. The van der Waals surface area contributed by atoms with Crippen LogP contribution in [0.2, 0.25) is 5.02 Å². The third-order valence-corrected chi connectivity index (χ3v) is 4.92. The number of sulfonamides is 1. The first-order chi connectivity index (χ1) is 9.86. The van der Waals surface area contributed by atoms with Gasteiger partial charge in [-0.05, 0) is 24.1 Å². The van der Waals surface area contributed by atoms with Crippen LogP contribution in [-0.4, -0.2) is 21.0 Å². The van der Waals surface area contributed by atoms with Crippen molar-refractivity contribution in [3.63, 3.8) is 0 Å². The molecule has 0 bridgehead atoms. The van der Waals surface area contributed by atoms with Gasteiger partial charge in [-0.3, -0.25) is 0 Å². The lowest BCUT2D eigenvalue weighted by molar-refractivity contribution is 0.575. The van der Waals surface area contributed by atoms with E-state index in [4.69, 9.17) is 11.6 Å². The minimum atomic E-state index is -3.47. The van der Waals surface area contributed by atoms with E-state index in [0.29, 0.717) is 24.2 Å². The van der Waals surface area contributed by atoms with E-state index in [9.17, 15) is 8.42 Å². The van der Waals surface area contributed by atoms with E-state index in [1.165, 1.54) is 6.07 Å². The van der Waals surface area contributed by atoms with Crippen LogP contribution in [0.3, 0.4) is 0 Å². The standard InChI is InChI=1S/C15H25ClN2O2S/c1-4-5-6-9-18-21(19,20)14-8-7-13(15(16)10-14)11-17-12(2)3/h7-8,10,12,17-18H,4-6,9,11H2,1-3H3. The maximum absolute atomic E-state index is 12.1. The normalized spacial score (nSPS) is 12.0. The van der Waals surface area contributed by atoms with Gasteiger partial charge in [0.25, 0.3) is 0 Å². The van der Waals surface area contributed by atoms with E-state index in [1.807, 2.05) is 13.8 Å². The van der Waals surface area contributed by atoms with Gasteiger partial charge >= 0.3 is 0 Å². The van der Waals surface area contributed by atoms with Crippen molar-refractivity contribution in [3.05, 3.63) is 28.8 Å². The number of nitrogens with one attached hydrogen (secondary N) is 2. The second-order valence-corrected chi connectivity index (χ2v) is 7.57. The summed E-state index contributed by atoms with van der Waals surface area (Å²) in [5, 5.41) is 3.73. The molecule has 0 radical (unpaired) electrons. The Balaban J connectivity index is 2.73. The van der Waals surface area contributed by atoms with Crippen LogP contribution >= 0.6 is 11.6 Å². The fraction of sp³-hybridized carbons (Fsp3) is 0.600. The number of halogens is 1. The van der Waals surface area contributed by atoms with Crippen LogP contribution in [0.25, 0.3) is 0 Å². The van der Waals surface area contributed by atoms with E-state index in [2.05, 4.69) is 17.0 Å². The molecule has 0 saturated heterocycles. The Morgan fingerprint density at radius 1 is 1.24 bits per heavy atom. The van der Waals surface area contributed by atoms with Crippen LogP contribution in [0.4, 0.5) is 0 Å². The monoisotopic (exact) mass is 332 g/mol. The lowest BCUT2D eigenvalue weighted by Gasteiger charge is -2.11. The van der Waals surface area contributed by atoms with Crippen LogP contribution in [-0.2, 0) is 16.6 Å². The quantitative estimate of drug-likeness (QED) is 0.682. The highest BCUT2D eigenvalue weighted by molar-refractivity contribution is 7.89. The number of benzene rings is 1. The number of rotatable bonds is 9. The van der Waals surface area contributed by atoms with Crippen molar-refractivity contribution in [3.8, 4) is 0 Å².